The predicted octanol–water partition coefficient (Wildman–Crippen LogP) is 4.26. The average Bonchev–Trinajstić information content (AvgIpc) is 2.20. The second-order valence-corrected chi connectivity index (χ2v) is 4.14. The van der Waals surface area contributed by atoms with Gasteiger partial charge < -0.3 is 4.74 Å². The van der Waals surface area contributed by atoms with Crippen molar-refractivity contribution in [1.82, 2.24) is 0 Å². The summed E-state index contributed by atoms with van der Waals surface area (Å²) >= 11 is 9.47. The molecule has 0 aliphatic rings. The maximum Gasteiger partial charge on any atom is 0.138 e. The number of hydrogen-bond acceptors (Lipinski definition) is 1. The third-order valence-corrected chi connectivity index (χ3v) is 2.87. The quantitative estimate of drug-likeness (QED) is 0.755. The number of halogens is 2. The molecule has 0 saturated heterocycles. The number of fused-ring (bicyclic) bond motifs is 1. The molecule has 0 unspecified atom stereocenters. The molecule has 0 aromatic heterocycles. The zero-order chi connectivity index (χ0) is 12.6. The van der Waals surface area contributed by atoms with Crippen molar-refractivity contribution in [2.75, 3.05) is 7.04 Å². The van der Waals surface area contributed by atoms with Crippen molar-refractivity contribution < 1.29 is 8.85 Å². The molecule has 0 bridgehead atoms. The number of benzene rings is 2. The molecule has 14 heavy (non-hydrogen) atoms. The summed E-state index contributed by atoms with van der Waals surface area (Å²) in [5.41, 5.74) is 0. The highest BCUT2D eigenvalue weighted by atomic mass is 79.9. The summed E-state index contributed by atoms with van der Waals surface area (Å²) in [5.74, 6) is 0.168. The van der Waals surface area contributed by atoms with Crippen molar-refractivity contribution >= 4 is 38.3 Å². The highest BCUT2D eigenvalue weighted by Crippen LogP contribution is 2.33. The molecular weight excluding hydrogens is 263 g/mol. The minimum absolute atomic E-state index is 0.168. The Bertz CT molecular complexity index is 568. The van der Waals surface area contributed by atoms with E-state index in [9.17, 15) is 0 Å². The average molecular weight is 275 g/mol. The molecule has 0 spiro atoms. The van der Waals surface area contributed by atoms with Crippen molar-refractivity contribution in [1.29, 1.82) is 0 Å². The Morgan fingerprint density at radius 1 is 1.36 bits per heavy atom. The first-order valence-electron chi connectivity index (χ1n) is 5.43. The molecule has 2 aromatic carbocycles. The highest BCUT2D eigenvalue weighted by molar-refractivity contribution is 9.10. The molecule has 0 heterocycles. The van der Waals surface area contributed by atoms with Crippen LogP contribution >= 0.6 is 27.5 Å². The van der Waals surface area contributed by atoms with Gasteiger partial charge in [0, 0.05) is 9.86 Å². The van der Waals surface area contributed by atoms with E-state index in [2.05, 4.69) is 15.9 Å². The second kappa shape index (κ2) is 3.79. The molecule has 2 rings (SSSR count). The van der Waals surface area contributed by atoms with Crippen LogP contribution in [0.15, 0.2) is 34.8 Å². The van der Waals surface area contributed by atoms with Gasteiger partial charge in [0.05, 0.1) is 16.2 Å². The lowest BCUT2D eigenvalue weighted by Crippen LogP contribution is -1.84. The van der Waals surface area contributed by atoms with Gasteiger partial charge in [0.2, 0.25) is 0 Å². The van der Waals surface area contributed by atoms with Gasteiger partial charge in [0.15, 0.2) is 0 Å². The molecule has 0 saturated carbocycles. The third kappa shape index (κ3) is 1.60. The summed E-state index contributed by atoms with van der Waals surface area (Å²) < 4.78 is 26.9. The van der Waals surface area contributed by atoms with Crippen LogP contribution in [0.1, 0.15) is 4.11 Å². The van der Waals surface area contributed by atoms with Crippen LogP contribution in [-0.2, 0) is 0 Å². The summed E-state index contributed by atoms with van der Waals surface area (Å²) in [4.78, 5) is 0. The third-order valence-electron chi connectivity index (χ3n) is 1.99. The van der Waals surface area contributed by atoms with E-state index >= 15 is 0 Å². The van der Waals surface area contributed by atoms with Gasteiger partial charge in [0.1, 0.15) is 5.75 Å². The summed E-state index contributed by atoms with van der Waals surface area (Å²) in [5, 5.41) is 1.99. The molecule has 0 fully saturated rings. The van der Waals surface area contributed by atoms with Crippen LogP contribution in [-0.4, -0.2) is 7.04 Å². The highest BCUT2D eigenvalue weighted by Gasteiger charge is 2.05. The maximum atomic E-state index is 7.05. The van der Waals surface area contributed by atoms with Crippen molar-refractivity contribution in [3.05, 3.63) is 39.8 Å². The van der Waals surface area contributed by atoms with Crippen molar-refractivity contribution in [2.45, 2.75) is 0 Å². The Labute approximate surface area is 100.0 Å². The van der Waals surface area contributed by atoms with Crippen LogP contribution in [0.4, 0.5) is 0 Å². The summed E-state index contributed by atoms with van der Waals surface area (Å²) in [6, 6.07) is 8.89. The van der Waals surface area contributed by atoms with E-state index in [1.807, 2.05) is 18.2 Å². The molecule has 0 aliphatic heterocycles. The normalized spacial score (nSPS) is 14.6. The molecule has 0 N–H and O–H groups in total. The van der Waals surface area contributed by atoms with Gasteiger partial charge >= 0.3 is 0 Å². The van der Waals surface area contributed by atoms with Gasteiger partial charge in [-0.3, -0.25) is 0 Å². The zero-order valence-corrected chi connectivity index (χ0v) is 9.39. The molecule has 0 radical (unpaired) electrons. The fraction of sp³-hybridized carbons (Fsp3) is 0.0909. The van der Waals surface area contributed by atoms with Gasteiger partial charge in [-0.1, -0.05) is 39.7 Å². The number of rotatable bonds is 1. The number of hydrogen-bond donors (Lipinski definition) is 0. The van der Waals surface area contributed by atoms with Gasteiger partial charge in [-0.2, -0.15) is 0 Å². The smallest absolute Gasteiger partial charge is 0.138 e. The Morgan fingerprint density at radius 3 is 3.00 bits per heavy atom. The summed E-state index contributed by atoms with van der Waals surface area (Å²) in [6.07, 6.45) is 0. The molecule has 2 aromatic rings. The van der Waals surface area contributed by atoms with Crippen molar-refractivity contribution in [2.24, 2.45) is 0 Å². The standard InChI is InChI=1S/C11H8BrClO/c1-14-10-5-2-7-6-8(12)3-4-9(7)11(10)13/h2-6H,1H3/i1D3. The van der Waals surface area contributed by atoms with E-state index in [4.69, 9.17) is 20.5 Å². The topological polar surface area (TPSA) is 9.23 Å². The van der Waals surface area contributed by atoms with Crippen LogP contribution in [0.5, 0.6) is 5.75 Å². The molecule has 0 aliphatic carbocycles. The predicted molar refractivity (Wildman–Crippen MR) is 63.2 cm³/mol. The fourth-order valence-corrected chi connectivity index (χ4v) is 1.97. The van der Waals surface area contributed by atoms with E-state index in [0.29, 0.717) is 5.02 Å². The number of methoxy groups -OCH3 is 1. The van der Waals surface area contributed by atoms with E-state index in [0.717, 1.165) is 15.2 Å². The Hall–Kier alpha value is -0.730. The maximum absolute atomic E-state index is 7.05. The number of ether oxygens (including phenoxy) is 1. The van der Waals surface area contributed by atoms with Gasteiger partial charge in [-0.15, -0.1) is 0 Å². The Morgan fingerprint density at radius 2 is 2.21 bits per heavy atom. The molecule has 1 nitrogen and oxygen atoms in total. The largest absolute Gasteiger partial charge is 0.495 e. The Balaban J connectivity index is 2.54. The van der Waals surface area contributed by atoms with Crippen LogP contribution in [0.25, 0.3) is 10.8 Å². The van der Waals surface area contributed by atoms with E-state index in [-0.39, 0.29) is 5.75 Å². The van der Waals surface area contributed by atoms with E-state index < -0.39 is 7.04 Å². The molecule has 0 amide bonds. The lowest BCUT2D eigenvalue weighted by molar-refractivity contribution is 0.415. The molecule has 72 valence electrons. The SMILES string of the molecule is [2H]C([2H])([2H])Oc1ccc2cc(Br)ccc2c1Cl. The van der Waals surface area contributed by atoms with Crippen LogP contribution < -0.4 is 4.74 Å². The first-order valence-corrected chi connectivity index (χ1v) is 5.11. The van der Waals surface area contributed by atoms with Gasteiger partial charge in [-0.25, -0.2) is 0 Å². The summed E-state index contributed by atoms with van der Waals surface area (Å²) in [7, 11) is -2.49. The molecular formula is C11H8BrClO. The second-order valence-electron chi connectivity index (χ2n) is 2.85. The monoisotopic (exact) mass is 273 g/mol. The van der Waals surface area contributed by atoms with Crippen LogP contribution in [0.3, 0.4) is 0 Å². The Kier molecular flexibility index (Phi) is 1.81. The van der Waals surface area contributed by atoms with Crippen molar-refractivity contribution in [3.8, 4) is 5.75 Å². The van der Waals surface area contributed by atoms with Gasteiger partial charge in [-0.05, 0) is 23.6 Å². The minimum atomic E-state index is -2.49. The summed E-state index contributed by atoms with van der Waals surface area (Å²) in [6.45, 7) is 0. The lowest BCUT2D eigenvalue weighted by atomic mass is 10.1. The first kappa shape index (κ1) is 6.70. The molecule has 0 atom stereocenters. The van der Waals surface area contributed by atoms with Crippen LogP contribution in [0.2, 0.25) is 5.02 Å². The first-order chi connectivity index (χ1) is 7.87. The van der Waals surface area contributed by atoms with E-state index in [1.165, 1.54) is 0 Å². The van der Waals surface area contributed by atoms with Crippen LogP contribution in [0, 0.1) is 0 Å². The fourth-order valence-electron chi connectivity index (χ4n) is 1.32. The zero-order valence-electron chi connectivity index (χ0n) is 10.1. The molecule has 3 heteroatoms. The minimum Gasteiger partial charge on any atom is -0.495 e. The lowest BCUT2D eigenvalue weighted by Gasteiger charge is -2.06. The van der Waals surface area contributed by atoms with Gasteiger partial charge in [0.25, 0.3) is 0 Å². The van der Waals surface area contributed by atoms with E-state index in [1.54, 1.807) is 12.1 Å². The van der Waals surface area contributed by atoms with Crippen molar-refractivity contribution in [3.63, 3.8) is 0 Å².